The molecule has 0 N–H and O–H groups in total. The molecule has 0 aliphatic rings. The predicted molar refractivity (Wildman–Crippen MR) is 49.9 cm³/mol. The Morgan fingerprint density at radius 1 is 1.29 bits per heavy atom. The first-order valence-electron chi connectivity index (χ1n) is 4.39. The molecule has 0 bridgehead atoms. The Balaban J connectivity index is 4.10. The number of carbonyl (C=O) groups is 1. The summed E-state index contributed by atoms with van der Waals surface area (Å²) in [6.07, 6.45) is -0.976. The van der Waals surface area contributed by atoms with Crippen LogP contribution in [0.3, 0.4) is 0 Å². The minimum atomic E-state index is -4.85. The smallest absolute Gasteiger partial charge is 0.448 e. The summed E-state index contributed by atoms with van der Waals surface area (Å²) in [6, 6.07) is 0. The van der Waals surface area contributed by atoms with Crippen LogP contribution in [0.5, 0.6) is 0 Å². The molecule has 84 valence electrons. The summed E-state index contributed by atoms with van der Waals surface area (Å²) >= 11 is 0. The Hall–Kier alpha value is -0.715. The lowest BCUT2D eigenvalue weighted by Gasteiger charge is -2.26. The van der Waals surface area contributed by atoms with Gasteiger partial charge in [0.2, 0.25) is 5.91 Å². The largest absolute Gasteiger partial charge is 0.492 e. The van der Waals surface area contributed by atoms with Crippen molar-refractivity contribution < 1.29 is 17.7 Å². The molecule has 0 aliphatic carbocycles. The van der Waals surface area contributed by atoms with Gasteiger partial charge in [-0.05, 0) is 13.0 Å². The van der Waals surface area contributed by atoms with Crippen molar-refractivity contribution in [2.45, 2.75) is 6.92 Å². The standard InChI is InChI=1S/C7H15BF3N2O/c1-4-13(6-8(9,10)11)5-7(14)12(2)3/h4-6H2,1-3H3/q-1. The van der Waals surface area contributed by atoms with Gasteiger partial charge < -0.3 is 22.7 Å². The van der Waals surface area contributed by atoms with E-state index < -0.39 is 13.4 Å². The SMILES string of the molecule is CCN(CC(=O)N(C)C)C[B-](F)(F)F. The highest BCUT2D eigenvalue weighted by atomic mass is 19.4. The van der Waals surface area contributed by atoms with Crippen LogP contribution in [0.25, 0.3) is 0 Å². The van der Waals surface area contributed by atoms with Crippen LogP contribution in [0.15, 0.2) is 0 Å². The van der Waals surface area contributed by atoms with E-state index in [1.807, 2.05) is 0 Å². The molecule has 0 aliphatic heterocycles. The molecule has 7 heteroatoms. The van der Waals surface area contributed by atoms with Crippen LogP contribution in [0, 0.1) is 0 Å². The van der Waals surface area contributed by atoms with Gasteiger partial charge in [0.1, 0.15) is 0 Å². The summed E-state index contributed by atoms with van der Waals surface area (Å²) < 4.78 is 36.1. The van der Waals surface area contributed by atoms with Crippen LogP contribution in [0.1, 0.15) is 6.92 Å². The molecule has 0 saturated heterocycles. The average molecular weight is 211 g/mol. The van der Waals surface area contributed by atoms with Gasteiger partial charge in [0, 0.05) is 14.1 Å². The molecule has 0 unspecified atom stereocenters. The third-order valence-electron chi connectivity index (χ3n) is 1.77. The Morgan fingerprint density at radius 3 is 2.07 bits per heavy atom. The lowest BCUT2D eigenvalue weighted by molar-refractivity contribution is -0.129. The number of hydrogen-bond donors (Lipinski definition) is 0. The summed E-state index contributed by atoms with van der Waals surface area (Å²) in [5.74, 6) is -0.313. The third-order valence-corrected chi connectivity index (χ3v) is 1.77. The normalized spacial score (nSPS) is 11.9. The highest BCUT2D eigenvalue weighted by Gasteiger charge is 2.26. The quantitative estimate of drug-likeness (QED) is 0.627. The Morgan fingerprint density at radius 2 is 1.79 bits per heavy atom. The molecule has 0 radical (unpaired) electrons. The van der Waals surface area contributed by atoms with Crippen LogP contribution < -0.4 is 0 Å². The monoisotopic (exact) mass is 211 g/mol. The van der Waals surface area contributed by atoms with E-state index in [2.05, 4.69) is 0 Å². The lowest BCUT2D eigenvalue weighted by Crippen LogP contribution is -2.43. The van der Waals surface area contributed by atoms with E-state index in [0.29, 0.717) is 0 Å². The summed E-state index contributed by atoms with van der Waals surface area (Å²) in [5, 5.41) is 0. The fourth-order valence-corrected chi connectivity index (χ4v) is 0.931. The van der Waals surface area contributed by atoms with Crippen LogP contribution in [0.2, 0.25) is 0 Å². The highest BCUT2D eigenvalue weighted by Crippen LogP contribution is 2.10. The van der Waals surface area contributed by atoms with E-state index >= 15 is 0 Å². The molecule has 0 fully saturated rings. The summed E-state index contributed by atoms with van der Waals surface area (Å²) in [5.41, 5.74) is 0. The summed E-state index contributed by atoms with van der Waals surface area (Å²) in [6.45, 7) is -3.20. The number of rotatable bonds is 5. The van der Waals surface area contributed by atoms with E-state index in [9.17, 15) is 17.7 Å². The number of amides is 1. The zero-order valence-corrected chi connectivity index (χ0v) is 8.64. The van der Waals surface area contributed by atoms with Crippen molar-refractivity contribution in [3.05, 3.63) is 0 Å². The molecule has 0 rings (SSSR count). The van der Waals surface area contributed by atoms with Crippen LogP contribution >= 0.6 is 0 Å². The van der Waals surface area contributed by atoms with E-state index in [-0.39, 0.29) is 19.0 Å². The van der Waals surface area contributed by atoms with Gasteiger partial charge >= 0.3 is 6.98 Å². The van der Waals surface area contributed by atoms with E-state index in [1.165, 1.54) is 19.0 Å². The summed E-state index contributed by atoms with van der Waals surface area (Å²) in [7, 11) is 3.05. The van der Waals surface area contributed by atoms with Crippen molar-refractivity contribution in [2.24, 2.45) is 0 Å². The number of carbonyl (C=O) groups excluding carboxylic acids is 1. The van der Waals surface area contributed by atoms with Crippen molar-refractivity contribution in [3.63, 3.8) is 0 Å². The fourth-order valence-electron chi connectivity index (χ4n) is 0.931. The van der Waals surface area contributed by atoms with Crippen molar-refractivity contribution in [3.8, 4) is 0 Å². The topological polar surface area (TPSA) is 23.6 Å². The van der Waals surface area contributed by atoms with Gasteiger partial charge in [-0.15, -0.1) is 0 Å². The number of halogens is 3. The molecule has 1 amide bonds. The minimum Gasteiger partial charge on any atom is -0.448 e. The molecular weight excluding hydrogens is 196 g/mol. The number of hydrogen-bond acceptors (Lipinski definition) is 2. The van der Waals surface area contributed by atoms with E-state index in [4.69, 9.17) is 0 Å². The second-order valence-corrected chi connectivity index (χ2v) is 3.33. The zero-order chi connectivity index (χ0) is 11.4. The molecule has 0 aromatic rings. The Kier molecular flexibility index (Phi) is 4.97. The van der Waals surface area contributed by atoms with Crippen LogP contribution in [0.4, 0.5) is 12.9 Å². The van der Waals surface area contributed by atoms with Crippen molar-refractivity contribution >= 4 is 12.9 Å². The van der Waals surface area contributed by atoms with E-state index in [0.717, 1.165) is 4.90 Å². The molecule has 3 nitrogen and oxygen atoms in total. The molecular formula is C7H15BF3N2O-. The second kappa shape index (κ2) is 5.24. The molecule has 0 saturated carbocycles. The Bertz CT molecular complexity index is 196. The van der Waals surface area contributed by atoms with Crippen molar-refractivity contribution in [1.82, 2.24) is 9.80 Å². The first-order valence-corrected chi connectivity index (χ1v) is 4.39. The maximum Gasteiger partial charge on any atom is 0.492 e. The van der Waals surface area contributed by atoms with Crippen LogP contribution in [-0.4, -0.2) is 56.3 Å². The van der Waals surface area contributed by atoms with Gasteiger partial charge in [0.05, 0.1) is 6.54 Å². The second-order valence-electron chi connectivity index (χ2n) is 3.33. The van der Waals surface area contributed by atoms with E-state index in [1.54, 1.807) is 6.92 Å². The fraction of sp³-hybridized carbons (Fsp3) is 0.857. The average Bonchev–Trinajstić information content (AvgIpc) is 2.00. The molecule has 0 heterocycles. The summed E-state index contributed by atoms with van der Waals surface area (Å²) in [4.78, 5) is 13.5. The molecule has 0 spiro atoms. The Labute approximate surface area is 81.9 Å². The first kappa shape index (κ1) is 13.3. The molecule has 14 heavy (non-hydrogen) atoms. The zero-order valence-electron chi connectivity index (χ0n) is 8.64. The van der Waals surface area contributed by atoms with Gasteiger partial charge in [-0.25, -0.2) is 0 Å². The lowest BCUT2D eigenvalue weighted by atomic mass is 9.91. The highest BCUT2D eigenvalue weighted by molar-refractivity contribution is 6.58. The molecule has 0 aromatic carbocycles. The molecule has 0 atom stereocenters. The number of likely N-dealkylation sites (N-methyl/N-ethyl adjacent to an activating group) is 2. The van der Waals surface area contributed by atoms with Gasteiger partial charge in [-0.1, -0.05) is 6.92 Å². The minimum absolute atomic E-state index is 0.176. The van der Waals surface area contributed by atoms with Gasteiger partial charge in [-0.3, -0.25) is 4.79 Å². The van der Waals surface area contributed by atoms with Gasteiger partial charge in [-0.2, -0.15) is 0 Å². The molecule has 0 aromatic heterocycles. The van der Waals surface area contributed by atoms with Crippen LogP contribution in [-0.2, 0) is 4.79 Å². The third kappa shape index (κ3) is 5.85. The van der Waals surface area contributed by atoms with Gasteiger partial charge in [0.15, 0.2) is 0 Å². The van der Waals surface area contributed by atoms with Crippen molar-refractivity contribution in [1.29, 1.82) is 0 Å². The van der Waals surface area contributed by atoms with Crippen molar-refractivity contribution in [2.75, 3.05) is 33.6 Å². The first-order chi connectivity index (χ1) is 6.26. The van der Waals surface area contributed by atoms with Gasteiger partial charge in [0.25, 0.3) is 0 Å². The number of nitrogens with zero attached hydrogens (tertiary/aromatic N) is 2. The predicted octanol–water partition coefficient (Wildman–Crippen LogP) is 0.783. The maximum absolute atomic E-state index is 12.0. The maximum atomic E-state index is 12.0.